The summed E-state index contributed by atoms with van der Waals surface area (Å²) in [6, 6.07) is 4.65. The van der Waals surface area contributed by atoms with E-state index in [4.69, 9.17) is 11.6 Å². The van der Waals surface area contributed by atoms with Crippen LogP contribution in [-0.2, 0) is 29.2 Å². The fourth-order valence-corrected chi connectivity index (χ4v) is 4.88. The van der Waals surface area contributed by atoms with Gasteiger partial charge < -0.3 is 15.5 Å². The highest BCUT2D eigenvalue weighted by molar-refractivity contribution is 7.10. The van der Waals surface area contributed by atoms with Crippen molar-refractivity contribution in [1.29, 1.82) is 0 Å². The molecule has 0 unspecified atom stereocenters. The first-order valence-corrected chi connectivity index (χ1v) is 11.1. The molecule has 1 atom stereocenters. The second-order valence-corrected chi connectivity index (χ2v) is 8.94. The summed E-state index contributed by atoms with van der Waals surface area (Å²) in [6.07, 6.45) is 0.539. The number of thiophene rings is 1. The summed E-state index contributed by atoms with van der Waals surface area (Å²) < 4.78 is 0. The van der Waals surface area contributed by atoms with E-state index in [1.807, 2.05) is 25.1 Å². The number of nitrogens with zero attached hydrogens (tertiary/aromatic N) is 1. The second-order valence-electron chi connectivity index (χ2n) is 7.57. The summed E-state index contributed by atoms with van der Waals surface area (Å²) in [7, 11) is 0. The number of urea groups is 1. The molecule has 10 heteroatoms. The molecule has 162 valence electrons. The van der Waals surface area contributed by atoms with Crippen LogP contribution in [0, 0.1) is 6.92 Å². The van der Waals surface area contributed by atoms with Crippen molar-refractivity contribution in [3.05, 3.63) is 55.7 Å². The van der Waals surface area contributed by atoms with Crippen LogP contribution in [0.3, 0.4) is 0 Å². The van der Waals surface area contributed by atoms with Crippen molar-refractivity contribution >= 4 is 46.7 Å². The molecule has 31 heavy (non-hydrogen) atoms. The average Bonchev–Trinajstić information content (AvgIpc) is 3.27. The third-order valence-electron chi connectivity index (χ3n) is 5.49. The summed E-state index contributed by atoms with van der Waals surface area (Å²) in [5, 5.41) is 10.3. The highest BCUT2D eigenvalue weighted by Crippen LogP contribution is 2.33. The van der Waals surface area contributed by atoms with Crippen LogP contribution < -0.4 is 16.0 Å². The first-order chi connectivity index (χ1) is 14.8. The molecular formula is C21H21ClN4O4S. The van der Waals surface area contributed by atoms with Gasteiger partial charge in [-0.2, -0.15) is 0 Å². The number of hydrogen-bond acceptors (Lipinski definition) is 5. The Labute approximate surface area is 187 Å². The fraction of sp³-hybridized carbons (Fsp3) is 0.333. The first kappa shape index (κ1) is 21.3. The molecule has 3 N–H and O–H groups in total. The quantitative estimate of drug-likeness (QED) is 0.595. The van der Waals surface area contributed by atoms with Crippen LogP contribution in [0.25, 0.3) is 0 Å². The predicted octanol–water partition coefficient (Wildman–Crippen LogP) is 2.47. The van der Waals surface area contributed by atoms with Gasteiger partial charge in [-0.05, 0) is 36.1 Å². The number of carbonyl (C=O) groups is 4. The van der Waals surface area contributed by atoms with Gasteiger partial charge in [0.05, 0.1) is 12.1 Å². The van der Waals surface area contributed by atoms with Gasteiger partial charge in [0.2, 0.25) is 11.8 Å². The van der Waals surface area contributed by atoms with Crippen molar-refractivity contribution in [2.24, 2.45) is 0 Å². The highest BCUT2D eigenvalue weighted by Gasteiger charge is 2.40. The van der Waals surface area contributed by atoms with Crippen molar-refractivity contribution in [3.8, 4) is 0 Å². The number of halogens is 1. The summed E-state index contributed by atoms with van der Waals surface area (Å²) in [4.78, 5) is 50.8. The van der Waals surface area contributed by atoms with Gasteiger partial charge >= 0.3 is 6.03 Å². The number of benzene rings is 1. The van der Waals surface area contributed by atoms with Gasteiger partial charge in [-0.15, -0.1) is 11.3 Å². The molecule has 1 saturated heterocycles. The minimum absolute atomic E-state index is 0.215. The largest absolute Gasteiger partial charge is 0.334 e. The molecule has 0 saturated carbocycles. The molecular weight excluding hydrogens is 440 g/mol. The lowest BCUT2D eigenvalue weighted by Gasteiger charge is -2.29. The van der Waals surface area contributed by atoms with E-state index in [0.29, 0.717) is 30.1 Å². The van der Waals surface area contributed by atoms with Crippen molar-refractivity contribution in [2.45, 2.75) is 45.4 Å². The Kier molecular flexibility index (Phi) is 5.97. The van der Waals surface area contributed by atoms with E-state index in [0.717, 1.165) is 21.6 Å². The third kappa shape index (κ3) is 4.42. The van der Waals surface area contributed by atoms with Crippen LogP contribution in [0.5, 0.6) is 0 Å². The number of aryl methyl sites for hydroxylation is 1. The lowest BCUT2D eigenvalue weighted by molar-refractivity contribution is -0.136. The van der Waals surface area contributed by atoms with Gasteiger partial charge in [0, 0.05) is 34.8 Å². The first-order valence-electron chi connectivity index (χ1n) is 9.84. The highest BCUT2D eigenvalue weighted by atomic mass is 35.5. The standard InChI is InChI=1S/C21H21ClN4O4S/c1-11-2-3-12(6-15(11)22)7-23-21(30)24-8-17-13-9-26(20(29)14(13)10-31-17)16-4-5-18(27)25-19(16)28/h2-3,6,10,16H,4-5,7-9H2,1H3,(H2,23,24,30)(H,25,27,28)/t16-/m0/s1. The molecule has 0 aliphatic carbocycles. The lowest BCUT2D eigenvalue weighted by Crippen LogP contribution is -2.52. The zero-order chi connectivity index (χ0) is 22.1. The summed E-state index contributed by atoms with van der Waals surface area (Å²) in [6.45, 7) is 2.83. The lowest BCUT2D eigenvalue weighted by atomic mass is 10.0. The molecule has 2 aromatic rings. The van der Waals surface area contributed by atoms with E-state index < -0.39 is 11.9 Å². The number of fused-ring (bicyclic) bond motifs is 1. The number of rotatable bonds is 5. The Morgan fingerprint density at radius 1 is 1.26 bits per heavy atom. The third-order valence-corrected chi connectivity index (χ3v) is 6.92. The van der Waals surface area contributed by atoms with Gasteiger partial charge in [0.25, 0.3) is 5.91 Å². The maximum absolute atomic E-state index is 12.7. The molecule has 1 fully saturated rings. The van der Waals surface area contributed by atoms with Crippen LogP contribution in [0.2, 0.25) is 5.02 Å². The van der Waals surface area contributed by atoms with Gasteiger partial charge in [0.1, 0.15) is 6.04 Å². The van der Waals surface area contributed by atoms with Crippen LogP contribution in [0.4, 0.5) is 4.79 Å². The molecule has 8 nitrogen and oxygen atoms in total. The predicted molar refractivity (Wildman–Crippen MR) is 116 cm³/mol. The molecule has 0 spiro atoms. The van der Waals surface area contributed by atoms with E-state index in [-0.39, 0.29) is 30.8 Å². The van der Waals surface area contributed by atoms with Crippen molar-refractivity contribution in [3.63, 3.8) is 0 Å². The molecule has 3 heterocycles. The Morgan fingerprint density at radius 3 is 2.77 bits per heavy atom. The van der Waals surface area contributed by atoms with Crippen LogP contribution >= 0.6 is 22.9 Å². The summed E-state index contributed by atoms with van der Waals surface area (Å²) >= 11 is 7.51. The maximum atomic E-state index is 12.7. The Morgan fingerprint density at radius 2 is 2.03 bits per heavy atom. The monoisotopic (exact) mass is 460 g/mol. The molecule has 1 aromatic carbocycles. The van der Waals surface area contributed by atoms with Gasteiger partial charge in [0.15, 0.2) is 0 Å². The number of nitrogens with one attached hydrogen (secondary N) is 3. The molecule has 5 amide bonds. The SMILES string of the molecule is Cc1ccc(CNC(=O)NCc2scc3c2CN([C@H]2CCC(=O)NC2=O)C3=O)cc1Cl. The fourth-order valence-electron chi connectivity index (χ4n) is 3.70. The van der Waals surface area contributed by atoms with Gasteiger partial charge in [-0.25, -0.2) is 4.79 Å². The summed E-state index contributed by atoms with van der Waals surface area (Å²) in [5.41, 5.74) is 3.25. The number of amides is 5. The Balaban J connectivity index is 1.33. The number of imide groups is 1. The van der Waals surface area contributed by atoms with E-state index in [1.54, 1.807) is 5.38 Å². The van der Waals surface area contributed by atoms with E-state index in [9.17, 15) is 19.2 Å². The van der Waals surface area contributed by atoms with E-state index in [1.165, 1.54) is 16.2 Å². The van der Waals surface area contributed by atoms with Crippen LogP contribution in [0.1, 0.15) is 44.8 Å². The maximum Gasteiger partial charge on any atom is 0.315 e. The topological polar surface area (TPSA) is 108 Å². The number of carbonyl (C=O) groups excluding carboxylic acids is 4. The van der Waals surface area contributed by atoms with Crippen LogP contribution in [-0.4, -0.2) is 34.7 Å². The van der Waals surface area contributed by atoms with E-state index in [2.05, 4.69) is 16.0 Å². The van der Waals surface area contributed by atoms with E-state index >= 15 is 0 Å². The zero-order valence-electron chi connectivity index (χ0n) is 16.8. The smallest absolute Gasteiger partial charge is 0.315 e. The average molecular weight is 461 g/mol. The van der Waals surface area contributed by atoms with Gasteiger partial charge in [-0.1, -0.05) is 23.7 Å². The van der Waals surface area contributed by atoms with Crippen molar-refractivity contribution < 1.29 is 19.2 Å². The zero-order valence-corrected chi connectivity index (χ0v) is 18.4. The minimum Gasteiger partial charge on any atom is -0.334 e. The normalized spacial score (nSPS) is 18.1. The van der Waals surface area contributed by atoms with Crippen LogP contribution in [0.15, 0.2) is 23.6 Å². The minimum atomic E-state index is -0.645. The molecule has 0 bridgehead atoms. The number of piperidine rings is 1. The molecule has 2 aliphatic heterocycles. The Bertz CT molecular complexity index is 1080. The number of hydrogen-bond donors (Lipinski definition) is 3. The second kappa shape index (κ2) is 8.68. The summed E-state index contributed by atoms with van der Waals surface area (Å²) in [5.74, 6) is -0.965. The van der Waals surface area contributed by atoms with Gasteiger partial charge in [-0.3, -0.25) is 19.7 Å². The molecule has 1 aromatic heterocycles. The Hall–Kier alpha value is -2.91. The molecule has 0 radical (unpaired) electrons. The van der Waals surface area contributed by atoms with Crippen molar-refractivity contribution in [2.75, 3.05) is 0 Å². The van der Waals surface area contributed by atoms with Crippen molar-refractivity contribution in [1.82, 2.24) is 20.9 Å². The molecule has 4 rings (SSSR count). The molecule has 2 aliphatic rings.